The van der Waals surface area contributed by atoms with E-state index in [4.69, 9.17) is 5.73 Å². The van der Waals surface area contributed by atoms with Gasteiger partial charge in [-0.05, 0) is 42.5 Å². The summed E-state index contributed by atoms with van der Waals surface area (Å²) in [5, 5.41) is 9.29. The molecule has 138 valence electrons. The Morgan fingerprint density at radius 1 is 1.42 bits per heavy atom. The normalized spacial score (nSPS) is 17.2. The van der Waals surface area contributed by atoms with Crippen molar-refractivity contribution in [1.82, 2.24) is 9.88 Å². The summed E-state index contributed by atoms with van der Waals surface area (Å²) >= 11 is 0. The molecule has 3 rings (SSSR count). The van der Waals surface area contributed by atoms with Crippen LogP contribution < -0.4 is 10.6 Å². The minimum absolute atomic E-state index is 0.00402. The summed E-state index contributed by atoms with van der Waals surface area (Å²) in [6.45, 7) is 4.19. The smallest absolute Gasteiger partial charge is 0.407 e. The molecular formula is C20H26N4O2. The van der Waals surface area contributed by atoms with Crippen molar-refractivity contribution >= 4 is 11.8 Å². The van der Waals surface area contributed by atoms with Crippen molar-refractivity contribution in [2.45, 2.75) is 32.4 Å². The van der Waals surface area contributed by atoms with Crippen molar-refractivity contribution in [3.63, 3.8) is 0 Å². The summed E-state index contributed by atoms with van der Waals surface area (Å²) < 4.78 is 0. The van der Waals surface area contributed by atoms with Gasteiger partial charge in [-0.2, -0.15) is 0 Å². The molecule has 26 heavy (non-hydrogen) atoms. The van der Waals surface area contributed by atoms with Crippen molar-refractivity contribution in [2.75, 3.05) is 25.0 Å². The minimum atomic E-state index is -0.878. The Morgan fingerprint density at radius 3 is 2.92 bits per heavy atom. The number of anilines is 1. The Labute approximate surface area is 154 Å². The molecule has 2 aromatic rings. The van der Waals surface area contributed by atoms with Gasteiger partial charge in [-0.3, -0.25) is 4.98 Å². The van der Waals surface area contributed by atoms with E-state index in [1.54, 1.807) is 13.2 Å². The number of amides is 1. The second kappa shape index (κ2) is 7.74. The number of pyridine rings is 1. The van der Waals surface area contributed by atoms with Crippen LogP contribution in [0.3, 0.4) is 0 Å². The topological polar surface area (TPSA) is 82.7 Å². The van der Waals surface area contributed by atoms with Crippen LogP contribution in [0.15, 0.2) is 36.7 Å². The number of piperidine rings is 1. The van der Waals surface area contributed by atoms with Gasteiger partial charge in [0.1, 0.15) is 0 Å². The largest absolute Gasteiger partial charge is 0.465 e. The second-order valence-electron chi connectivity index (χ2n) is 6.87. The van der Waals surface area contributed by atoms with Crippen LogP contribution in [0.25, 0.3) is 11.1 Å². The minimum Gasteiger partial charge on any atom is -0.465 e. The molecule has 0 saturated carbocycles. The number of hydrogen-bond acceptors (Lipinski definition) is 4. The predicted molar refractivity (Wildman–Crippen MR) is 103 cm³/mol. The summed E-state index contributed by atoms with van der Waals surface area (Å²) in [5.74, 6) is 0. The van der Waals surface area contributed by atoms with Gasteiger partial charge in [-0.15, -0.1) is 0 Å². The Morgan fingerprint density at radius 2 is 2.23 bits per heavy atom. The lowest BCUT2D eigenvalue weighted by Gasteiger charge is -2.38. The number of likely N-dealkylation sites (N-methyl/N-ethyl adjacent to an activating group) is 1. The molecule has 1 fully saturated rings. The van der Waals surface area contributed by atoms with E-state index >= 15 is 0 Å². The maximum Gasteiger partial charge on any atom is 0.407 e. The van der Waals surface area contributed by atoms with E-state index in [0.717, 1.165) is 41.8 Å². The number of benzene rings is 1. The molecule has 6 nitrogen and oxygen atoms in total. The number of nitrogens with zero attached hydrogens (tertiary/aromatic N) is 3. The van der Waals surface area contributed by atoms with Gasteiger partial charge in [0.05, 0.1) is 17.9 Å². The van der Waals surface area contributed by atoms with Crippen molar-refractivity contribution in [2.24, 2.45) is 5.73 Å². The van der Waals surface area contributed by atoms with Crippen LogP contribution in [0.2, 0.25) is 0 Å². The van der Waals surface area contributed by atoms with E-state index in [2.05, 4.69) is 35.0 Å². The third-order valence-corrected chi connectivity index (χ3v) is 5.26. The first kappa shape index (κ1) is 18.2. The number of carbonyl (C=O) groups is 1. The van der Waals surface area contributed by atoms with Gasteiger partial charge < -0.3 is 20.6 Å². The molecule has 0 bridgehead atoms. The highest BCUT2D eigenvalue weighted by Gasteiger charge is 2.27. The third-order valence-electron chi connectivity index (χ3n) is 5.26. The zero-order valence-corrected chi connectivity index (χ0v) is 15.4. The first-order valence-electron chi connectivity index (χ1n) is 8.96. The highest BCUT2D eigenvalue weighted by atomic mass is 16.4. The lowest BCUT2D eigenvalue weighted by atomic mass is 9.97. The lowest BCUT2D eigenvalue weighted by Crippen LogP contribution is -2.48. The van der Waals surface area contributed by atoms with Crippen LogP contribution in [0.4, 0.5) is 10.5 Å². The number of nitrogens with two attached hydrogens (primary N) is 1. The number of carboxylic acid groups (broad SMARTS) is 1. The lowest BCUT2D eigenvalue weighted by molar-refractivity contribution is 0.133. The standard InChI is InChI=1S/C20H26N4O2/c1-14-10-15(5-6-16(14)11-21)18-7-8-22-12-19(18)24-9-3-4-17(13-24)23(2)20(25)26/h5-8,10,12,17H,3-4,9,11,13,21H2,1-2H3,(H,25,26). The fraction of sp³-hybridized carbons (Fsp3) is 0.400. The maximum absolute atomic E-state index is 11.3. The summed E-state index contributed by atoms with van der Waals surface area (Å²) in [6, 6.07) is 8.35. The van der Waals surface area contributed by atoms with Crippen molar-refractivity contribution in [1.29, 1.82) is 0 Å². The van der Waals surface area contributed by atoms with Crippen LogP contribution in [0.1, 0.15) is 24.0 Å². The fourth-order valence-corrected chi connectivity index (χ4v) is 3.62. The molecule has 1 aliphatic rings. The van der Waals surface area contributed by atoms with Crippen molar-refractivity contribution < 1.29 is 9.90 Å². The molecule has 1 atom stereocenters. The Kier molecular flexibility index (Phi) is 5.42. The van der Waals surface area contributed by atoms with E-state index in [1.807, 2.05) is 12.3 Å². The highest BCUT2D eigenvalue weighted by molar-refractivity contribution is 5.78. The molecule has 1 aliphatic heterocycles. The molecule has 1 saturated heterocycles. The maximum atomic E-state index is 11.3. The van der Waals surface area contributed by atoms with Gasteiger partial charge in [0, 0.05) is 38.4 Å². The van der Waals surface area contributed by atoms with Gasteiger partial charge in [-0.25, -0.2) is 4.79 Å². The first-order chi connectivity index (χ1) is 12.5. The number of hydrogen-bond donors (Lipinski definition) is 2. The van der Waals surface area contributed by atoms with Crippen molar-refractivity contribution in [3.05, 3.63) is 47.8 Å². The molecule has 0 spiro atoms. The van der Waals surface area contributed by atoms with Gasteiger partial charge in [0.25, 0.3) is 0 Å². The summed E-state index contributed by atoms with van der Waals surface area (Å²) in [5.41, 5.74) is 11.4. The fourth-order valence-electron chi connectivity index (χ4n) is 3.62. The van der Waals surface area contributed by atoms with Crippen molar-refractivity contribution in [3.8, 4) is 11.1 Å². The zero-order valence-electron chi connectivity index (χ0n) is 15.4. The highest BCUT2D eigenvalue weighted by Crippen LogP contribution is 2.33. The average Bonchev–Trinajstić information content (AvgIpc) is 2.67. The molecule has 1 aromatic heterocycles. The van der Waals surface area contributed by atoms with Gasteiger partial charge in [0.15, 0.2) is 0 Å². The van der Waals surface area contributed by atoms with Crippen LogP contribution >= 0.6 is 0 Å². The van der Waals surface area contributed by atoms with Crippen LogP contribution in [-0.4, -0.2) is 47.3 Å². The molecule has 6 heteroatoms. The third kappa shape index (κ3) is 3.65. The number of aryl methyl sites for hydroxylation is 1. The van der Waals surface area contributed by atoms with E-state index < -0.39 is 6.09 Å². The van der Waals surface area contributed by atoms with E-state index in [-0.39, 0.29) is 6.04 Å². The molecule has 1 amide bonds. The monoisotopic (exact) mass is 354 g/mol. The number of rotatable bonds is 4. The zero-order chi connectivity index (χ0) is 18.7. The van der Waals surface area contributed by atoms with E-state index in [0.29, 0.717) is 13.1 Å². The summed E-state index contributed by atoms with van der Waals surface area (Å²) in [4.78, 5) is 19.3. The van der Waals surface area contributed by atoms with Gasteiger partial charge >= 0.3 is 6.09 Å². The SMILES string of the molecule is Cc1cc(-c2ccncc2N2CCCC(N(C)C(=O)O)C2)ccc1CN. The van der Waals surface area contributed by atoms with Crippen LogP contribution in [0, 0.1) is 6.92 Å². The van der Waals surface area contributed by atoms with Crippen LogP contribution in [0.5, 0.6) is 0 Å². The Bertz CT molecular complexity index is 793. The average molecular weight is 354 g/mol. The molecule has 1 aromatic carbocycles. The van der Waals surface area contributed by atoms with Gasteiger partial charge in [0.2, 0.25) is 0 Å². The Balaban J connectivity index is 1.92. The quantitative estimate of drug-likeness (QED) is 0.881. The molecule has 0 aliphatic carbocycles. The summed E-state index contributed by atoms with van der Waals surface area (Å²) in [6.07, 6.45) is 4.65. The molecular weight excluding hydrogens is 328 g/mol. The second-order valence-corrected chi connectivity index (χ2v) is 6.87. The van der Waals surface area contributed by atoms with Gasteiger partial charge in [-0.1, -0.05) is 18.2 Å². The molecule has 1 unspecified atom stereocenters. The van der Waals surface area contributed by atoms with E-state index in [9.17, 15) is 9.90 Å². The number of aromatic nitrogens is 1. The predicted octanol–water partition coefficient (Wildman–Crippen LogP) is 3.09. The summed E-state index contributed by atoms with van der Waals surface area (Å²) in [7, 11) is 1.65. The Hall–Kier alpha value is -2.60. The molecule has 2 heterocycles. The van der Waals surface area contributed by atoms with Crippen LogP contribution in [-0.2, 0) is 6.54 Å². The molecule has 3 N–H and O–H groups in total. The molecule has 0 radical (unpaired) electrons. The first-order valence-corrected chi connectivity index (χ1v) is 8.96. The van der Waals surface area contributed by atoms with E-state index in [1.165, 1.54) is 10.5 Å².